The molecule has 0 saturated carbocycles. The van der Waals surface area contributed by atoms with Crippen LogP contribution in [0, 0.1) is 0 Å². The molecule has 3 heterocycles. The van der Waals surface area contributed by atoms with Crippen molar-refractivity contribution in [1.82, 2.24) is 19.6 Å². The number of hydrogen-bond donors (Lipinski definition) is 0. The van der Waals surface area contributed by atoms with Crippen LogP contribution in [0.25, 0.3) is 5.78 Å². The summed E-state index contributed by atoms with van der Waals surface area (Å²) < 4.78 is 7.03. The lowest BCUT2D eigenvalue weighted by molar-refractivity contribution is 0.122. The Labute approximate surface area is 121 Å². The number of hydrogen-bond acceptors (Lipinski definition) is 5. The number of rotatable bonds is 1. The van der Waals surface area contributed by atoms with Gasteiger partial charge in [0.1, 0.15) is 5.15 Å². The molecular weight excluding hydrogens is 278 g/mol. The molecule has 0 amide bonds. The van der Waals surface area contributed by atoms with Crippen LogP contribution in [0.3, 0.4) is 0 Å². The Bertz CT molecular complexity index is 650. The van der Waals surface area contributed by atoms with Crippen molar-refractivity contribution in [3.63, 3.8) is 0 Å². The van der Waals surface area contributed by atoms with E-state index in [1.54, 1.807) is 4.52 Å². The van der Waals surface area contributed by atoms with Crippen LogP contribution in [-0.2, 0) is 17.6 Å². The monoisotopic (exact) mass is 293 g/mol. The number of fused-ring (bicyclic) bond motifs is 2. The fraction of sp³-hybridized carbons (Fsp3) is 0.615. The Kier molecular flexibility index (Phi) is 3.00. The minimum absolute atomic E-state index is 0.608. The van der Waals surface area contributed by atoms with Crippen molar-refractivity contribution >= 4 is 23.3 Å². The summed E-state index contributed by atoms with van der Waals surface area (Å²) in [5.74, 6) is 1.31. The molecule has 1 aliphatic carbocycles. The molecule has 6 nitrogen and oxygen atoms in total. The van der Waals surface area contributed by atoms with Gasteiger partial charge in [0.25, 0.3) is 5.78 Å². The van der Waals surface area contributed by atoms with Gasteiger partial charge in [-0.15, -0.1) is 5.10 Å². The molecule has 0 spiro atoms. The molecule has 106 valence electrons. The zero-order valence-corrected chi connectivity index (χ0v) is 11.9. The number of aromatic nitrogens is 4. The molecular formula is C13H16ClN5O. The average Bonchev–Trinajstić information content (AvgIpc) is 2.93. The Morgan fingerprint density at radius 3 is 2.70 bits per heavy atom. The molecule has 7 heteroatoms. The first-order valence-corrected chi connectivity index (χ1v) is 7.47. The number of halogens is 1. The molecule has 2 aromatic heterocycles. The molecule has 1 saturated heterocycles. The number of anilines is 1. The third-order valence-corrected chi connectivity index (χ3v) is 4.37. The Hall–Kier alpha value is -1.40. The van der Waals surface area contributed by atoms with E-state index in [9.17, 15) is 0 Å². The summed E-state index contributed by atoms with van der Waals surface area (Å²) in [6.45, 7) is 3.06. The van der Waals surface area contributed by atoms with Crippen LogP contribution in [0.15, 0.2) is 0 Å². The van der Waals surface area contributed by atoms with E-state index in [1.165, 1.54) is 12.8 Å². The summed E-state index contributed by atoms with van der Waals surface area (Å²) in [6.07, 6.45) is 4.33. The van der Waals surface area contributed by atoms with E-state index in [2.05, 4.69) is 20.0 Å². The van der Waals surface area contributed by atoms with Crippen molar-refractivity contribution in [2.24, 2.45) is 0 Å². The molecule has 1 fully saturated rings. The van der Waals surface area contributed by atoms with Gasteiger partial charge in [-0.25, -0.2) is 4.98 Å². The Morgan fingerprint density at radius 1 is 1.05 bits per heavy atom. The first-order chi connectivity index (χ1) is 9.83. The quantitative estimate of drug-likeness (QED) is 0.746. The highest BCUT2D eigenvalue weighted by atomic mass is 35.5. The standard InChI is InChI=1S/C13H16ClN5O/c14-11-9-3-1-2-4-10(9)15-12-16-13(17-19(11)12)18-5-7-20-8-6-18/h1-8H2. The summed E-state index contributed by atoms with van der Waals surface area (Å²) in [4.78, 5) is 11.3. The molecule has 0 unspecified atom stereocenters. The van der Waals surface area contributed by atoms with Crippen LogP contribution in [0.4, 0.5) is 5.95 Å². The van der Waals surface area contributed by atoms with Crippen molar-refractivity contribution in [3.8, 4) is 0 Å². The van der Waals surface area contributed by atoms with Crippen LogP contribution in [0.2, 0.25) is 5.15 Å². The molecule has 2 aromatic rings. The highest BCUT2D eigenvalue weighted by Gasteiger charge is 2.22. The largest absolute Gasteiger partial charge is 0.378 e. The third kappa shape index (κ3) is 1.94. The van der Waals surface area contributed by atoms with Gasteiger partial charge in [0.15, 0.2) is 0 Å². The highest BCUT2D eigenvalue weighted by molar-refractivity contribution is 6.30. The summed E-state index contributed by atoms with van der Waals surface area (Å²) in [5.41, 5.74) is 2.23. The zero-order valence-electron chi connectivity index (χ0n) is 11.2. The number of nitrogens with zero attached hydrogens (tertiary/aromatic N) is 5. The van der Waals surface area contributed by atoms with Gasteiger partial charge in [-0.05, 0) is 25.7 Å². The minimum Gasteiger partial charge on any atom is -0.378 e. The van der Waals surface area contributed by atoms with Crippen molar-refractivity contribution in [2.45, 2.75) is 25.7 Å². The van der Waals surface area contributed by atoms with E-state index in [-0.39, 0.29) is 0 Å². The molecule has 0 bridgehead atoms. The Balaban J connectivity index is 1.80. The van der Waals surface area contributed by atoms with Gasteiger partial charge in [-0.2, -0.15) is 9.50 Å². The van der Waals surface area contributed by atoms with E-state index in [0.717, 1.165) is 37.2 Å². The smallest absolute Gasteiger partial charge is 0.255 e. The van der Waals surface area contributed by atoms with Crippen LogP contribution < -0.4 is 4.90 Å². The molecule has 2 aliphatic rings. The van der Waals surface area contributed by atoms with Gasteiger partial charge in [0.05, 0.1) is 18.9 Å². The lowest BCUT2D eigenvalue weighted by Gasteiger charge is -2.25. The van der Waals surface area contributed by atoms with Crippen LogP contribution in [0.5, 0.6) is 0 Å². The molecule has 20 heavy (non-hydrogen) atoms. The van der Waals surface area contributed by atoms with Crippen LogP contribution in [0.1, 0.15) is 24.1 Å². The van der Waals surface area contributed by atoms with E-state index in [4.69, 9.17) is 16.3 Å². The molecule has 0 aromatic carbocycles. The number of ether oxygens (including phenoxy) is 1. The van der Waals surface area contributed by atoms with Gasteiger partial charge in [-0.3, -0.25) is 0 Å². The second-order valence-corrected chi connectivity index (χ2v) is 5.62. The fourth-order valence-electron chi connectivity index (χ4n) is 2.88. The van der Waals surface area contributed by atoms with Crippen LogP contribution >= 0.6 is 11.6 Å². The average molecular weight is 294 g/mol. The fourth-order valence-corrected chi connectivity index (χ4v) is 3.20. The lowest BCUT2D eigenvalue weighted by Crippen LogP contribution is -2.36. The molecule has 0 N–H and O–H groups in total. The Morgan fingerprint density at radius 2 is 1.85 bits per heavy atom. The summed E-state index contributed by atoms with van der Waals surface area (Å²) in [7, 11) is 0. The maximum atomic E-state index is 6.49. The summed E-state index contributed by atoms with van der Waals surface area (Å²) >= 11 is 6.49. The van der Waals surface area contributed by atoms with Gasteiger partial charge < -0.3 is 9.64 Å². The van der Waals surface area contributed by atoms with Gasteiger partial charge in [0.2, 0.25) is 5.95 Å². The predicted octanol–water partition coefficient (Wildman–Crippen LogP) is 1.49. The minimum atomic E-state index is 0.608. The van der Waals surface area contributed by atoms with E-state index < -0.39 is 0 Å². The van der Waals surface area contributed by atoms with Gasteiger partial charge in [0, 0.05) is 18.7 Å². The number of morpholine rings is 1. The molecule has 4 rings (SSSR count). The van der Waals surface area contributed by atoms with Crippen molar-refractivity contribution in [3.05, 3.63) is 16.4 Å². The second kappa shape index (κ2) is 4.86. The van der Waals surface area contributed by atoms with E-state index in [0.29, 0.717) is 30.1 Å². The van der Waals surface area contributed by atoms with Gasteiger partial charge >= 0.3 is 0 Å². The number of aryl methyl sites for hydroxylation is 1. The zero-order chi connectivity index (χ0) is 13.5. The van der Waals surface area contributed by atoms with Crippen molar-refractivity contribution < 1.29 is 4.74 Å². The normalized spacial score (nSPS) is 19.4. The first kappa shape index (κ1) is 12.3. The maximum absolute atomic E-state index is 6.49. The summed E-state index contributed by atoms with van der Waals surface area (Å²) in [6, 6.07) is 0. The molecule has 0 radical (unpaired) electrons. The molecule has 1 aliphatic heterocycles. The predicted molar refractivity (Wildman–Crippen MR) is 75.5 cm³/mol. The van der Waals surface area contributed by atoms with E-state index in [1.807, 2.05) is 0 Å². The lowest BCUT2D eigenvalue weighted by atomic mass is 9.97. The first-order valence-electron chi connectivity index (χ1n) is 7.09. The summed E-state index contributed by atoms with van der Waals surface area (Å²) in [5, 5.41) is 5.20. The third-order valence-electron chi connectivity index (χ3n) is 3.98. The van der Waals surface area contributed by atoms with Gasteiger partial charge in [-0.1, -0.05) is 11.6 Å². The maximum Gasteiger partial charge on any atom is 0.255 e. The molecule has 0 atom stereocenters. The van der Waals surface area contributed by atoms with Crippen molar-refractivity contribution in [2.75, 3.05) is 31.2 Å². The second-order valence-electron chi connectivity index (χ2n) is 5.26. The van der Waals surface area contributed by atoms with Crippen molar-refractivity contribution in [1.29, 1.82) is 0 Å². The van der Waals surface area contributed by atoms with Crippen LogP contribution in [-0.4, -0.2) is 45.9 Å². The topological polar surface area (TPSA) is 55.5 Å². The SMILES string of the molecule is Clc1c2c(nc3nc(N4CCOCC4)nn13)CCCC2. The highest BCUT2D eigenvalue weighted by Crippen LogP contribution is 2.27. The van der Waals surface area contributed by atoms with E-state index >= 15 is 0 Å².